The van der Waals surface area contributed by atoms with Crippen molar-refractivity contribution in [3.05, 3.63) is 82.6 Å². The molecule has 0 fully saturated rings. The van der Waals surface area contributed by atoms with Crippen molar-refractivity contribution >= 4 is 22.6 Å². The molecule has 3 nitrogen and oxygen atoms in total. The Labute approximate surface area is 171 Å². The van der Waals surface area contributed by atoms with Crippen LogP contribution >= 0.6 is 11.8 Å². The van der Waals surface area contributed by atoms with Crippen molar-refractivity contribution in [3.8, 4) is 6.07 Å². The number of nitrogens with zero attached hydrogens (tertiary/aromatic N) is 2. The Morgan fingerprint density at radius 1 is 1.11 bits per heavy atom. The summed E-state index contributed by atoms with van der Waals surface area (Å²) in [5.41, 5.74) is 4.81. The lowest BCUT2D eigenvalue weighted by Crippen LogP contribution is -2.28. The van der Waals surface area contributed by atoms with Crippen LogP contribution in [0.5, 0.6) is 0 Å². The maximum Gasteiger partial charge on any atom is 0.158 e. The van der Waals surface area contributed by atoms with Gasteiger partial charge in [0.25, 0.3) is 0 Å². The van der Waals surface area contributed by atoms with Crippen LogP contribution in [0.3, 0.4) is 0 Å². The number of hydrogen-bond donors (Lipinski definition) is 0. The monoisotopic (exact) mass is 388 g/mol. The number of carbonyl (C=O) groups excluding carboxylic acids is 1. The summed E-state index contributed by atoms with van der Waals surface area (Å²) in [7, 11) is 0. The van der Waals surface area contributed by atoms with Crippen molar-refractivity contribution in [2.24, 2.45) is 10.9 Å². The molecule has 1 aliphatic rings. The van der Waals surface area contributed by atoms with E-state index >= 15 is 0 Å². The molecule has 1 unspecified atom stereocenters. The van der Waals surface area contributed by atoms with Crippen molar-refractivity contribution in [1.82, 2.24) is 0 Å². The van der Waals surface area contributed by atoms with Gasteiger partial charge in [-0.25, -0.2) is 4.99 Å². The molecule has 0 N–H and O–H groups in total. The number of rotatable bonds is 5. The molecule has 2 aromatic carbocycles. The van der Waals surface area contributed by atoms with Crippen molar-refractivity contribution in [2.45, 2.75) is 38.9 Å². The first-order chi connectivity index (χ1) is 13.5. The normalized spacial score (nSPS) is 19.1. The van der Waals surface area contributed by atoms with Crippen molar-refractivity contribution in [2.75, 3.05) is 0 Å². The van der Waals surface area contributed by atoms with Crippen molar-refractivity contribution in [1.29, 1.82) is 5.26 Å². The number of allylic oxidation sites excluding steroid dienone is 2. The van der Waals surface area contributed by atoms with Crippen LogP contribution in [-0.2, 0) is 17.0 Å². The maximum absolute atomic E-state index is 12.4. The van der Waals surface area contributed by atoms with Crippen LogP contribution < -0.4 is 0 Å². The number of thioether (sulfide) groups is 1. The smallest absolute Gasteiger partial charge is 0.158 e. The second-order valence-corrected chi connectivity index (χ2v) is 7.95. The number of aliphatic imine (C=N–C) groups is 1. The van der Waals surface area contributed by atoms with E-state index in [1.807, 2.05) is 25.1 Å². The number of aryl methyl sites for hydroxylation is 1. The molecule has 3 rings (SSSR count). The minimum atomic E-state index is -0.455. The maximum atomic E-state index is 12.4. The Bertz CT molecular complexity index is 952. The fraction of sp³-hybridized carbons (Fsp3) is 0.292. The molecule has 4 heteroatoms. The molecule has 0 saturated carbocycles. The van der Waals surface area contributed by atoms with Gasteiger partial charge in [-0.1, -0.05) is 61.5 Å². The third-order valence-corrected chi connectivity index (χ3v) is 6.19. The highest BCUT2D eigenvalue weighted by Gasteiger charge is 2.37. The fourth-order valence-electron chi connectivity index (χ4n) is 3.61. The van der Waals surface area contributed by atoms with E-state index < -0.39 is 5.92 Å². The highest BCUT2D eigenvalue weighted by Crippen LogP contribution is 2.41. The zero-order chi connectivity index (χ0) is 20.1. The van der Waals surface area contributed by atoms with Crippen LogP contribution in [0.25, 0.3) is 0 Å². The van der Waals surface area contributed by atoms with E-state index in [-0.39, 0.29) is 11.7 Å². The van der Waals surface area contributed by atoms with Crippen LogP contribution in [0.15, 0.2) is 70.9 Å². The summed E-state index contributed by atoms with van der Waals surface area (Å²) >= 11 is 1.59. The third kappa shape index (κ3) is 4.26. The van der Waals surface area contributed by atoms with Gasteiger partial charge in [0.2, 0.25) is 0 Å². The summed E-state index contributed by atoms with van der Waals surface area (Å²) in [5.74, 6) is 0.00770. The quantitative estimate of drug-likeness (QED) is 0.662. The minimum absolute atomic E-state index is 0.0156. The Kier molecular flexibility index (Phi) is 6.49. The summed E-state index contributed by atoms with van der Waals surface area (Å²) in [6, 6.07) is 20.9. The Morgan fingerprint density at radius 3 is 2.36 bits per heavy atom. The third-order valence-electron chi connectivity index (χ3n) is 5.07. The average Bonchev–Trinajstić information content (AvgIpc) is 2.72. The highest BCUT2D eigenvalue weighted by molar-refractivity contribution is 8.13. The van der Waals surface area contributed by atoms with Gasteiger partial charge in [0.1, 0.15) is 5.92 Å². The molecular weight excluding hydrogens is 364 g/mol. The lowest BCUT2D eigenvalue weighted by atomic mass is 9.77. The lowest BCUT2D eigenvalue weighted by molar-refractivity contribution is -0.114. The Morgan fingerprint density at radius 2 is 1.79 bits per heavy atom. The van der Waals surface area contributed by atoms with Gasteiger partial charge in [-0.2, -0.15) is 5.26 Å². The number of benzene rings is 2. The first-order valence-corrected chi connectivity index (χ1v) is 10.5. The molecule has 1 heterocycles. The molecule has 2 aromatic rings. The van der Waals surface area contributed by atoms with E-state index in [1.54, 1.807) is 18.7 Å². The summed E-state index contributed by atoms with van der Waals surface area (Å²) in [6.45, 7) is 5.56. The number of ketones is 1. The zero-order valence-corrected chi connectivity index (χ0v) is 17.3. The second kappa shape index (κ2) is 9.03. The number of Topliss-reactive ketones (excluding diaryl/α,β-unsaturated/α-hetero) is 1. The first kappa shape index (κ1) is 20.1. The average molecular weight is 389 g/mol. The van der Waals surface area contributed by atoms with Gasteiger partial charge in [-0.15, -0.1) is 11.8 Å². The van der Waals surface area contributed by atoms with E-state index in [2.05, 4.69) is 54.4 Å². The predicted octanol–water partition coefficient (Wildman–Crippen LogP) is 5.68. The zero-order valence-electron chi connectivity index (χ0n) is 16.5. The predicted molar refractivity (Wildman–Crippen MR) is 116 cm³/mol. The Hall–Kier alpha value is -2.64. The van der Waals surface area contributed by atoms with E-state index in [0.29, 0.717) is 5.57 Å². The molecule has 0 radical (unpaired) electrons. The van der Waals surface area contributed by atoms with Gasteiger partial charge in [0.15, 0.2) is 5.78 Å². The second-order valence-electron chi connectivity index (χ2n) is 6.96. The molecule has 0 aromatic heterocycles. The van der Waals surface area contributed by atoms with Crippen LogP contribution in [0.1, 0.15) is 43.4 Å². The Balaban J connectivity index is 1.98. The van der Waals surface area contributed by atoms with Gasteiger partial charge >= 0.3 is 0 Å². The summed E-state index contributed by atoms with van der Waals surface area (Å²) in [5, 5.41) is 10.8. The van der Waals surface area contributed by atoms with Crippen LogP contribution in [0, 0.1) is 17.2 Å². The van der Waals surface area contributed by atoms with Gasteiger partial charge in [0, 0.05) is 22.9 Å². The molecule has 28 heavy (non-hydrogen) atoms. The van der Waals surface area contributed by atoms with E-state index in [1.165, 1.54) is 11.1 Å². The number of hydrogen-bond acceptors (Lipinski definition) is 4. The van der Waals surface area contributed by atoms with E-state index in [4.69, 9.17) is 0 Å². The molecule has 0 saturated heterocycles. The fourth-order valence-corrected chi connectivity index (χ4v) is 4.68. The standard InChI is InChI=1S/C24H24N2OS/c1-4-18-10-12-20(13-11-18)23-21(14-25)24(26-16(2)22(23)17(3)27)28-15-19-8-6-5-7-9-19/h5-13,21,23H,4,15H2,1-3H3/t21?,23-/m1/s1. The summed E-state index contributed by atoms with van der Waals surface area (Å²) < 4.78 is 0. The highest BCUT2D eigenvalue weighted by atomic mass is 32.2. The van der Waals surface area contributed by atoms with Crippen molar-refractivity contribution < 1.29 is 4.79 Å². The van der Waals surface area contributed by atoms with Gasteiger partial charge < -0.3 is 0 Å². The SMILES string of the molecule is CCc1ccc([C@H]2C(C(C)=O)=C(C)N=C(SCc3ccccc3)C2C#N)cc1. The molecule has 1 aliphatic heterocycles. The molecular formula is C24H24N2OS. The number of nitriles is 1. The van der Waals surface area contributed by atoms with Crippen molar-refractivity contribution in [3.63, 3.8) is 0 Å². The molecule has 2 atom stereocenters. The minimum Gasteiger partial charge on any atom is -0.295 e. The molecule has 142 valence electrons. The van der Waals surface area contributed by atoms with Gasteiger partial charge in [-0.05, 0) is 37.0 Å². The van der Waals surface area contributed by atoms with Gasteiger partial charge in [0.05, 0.1) is 11.1 Å². The molecule has 0 amide bonds. The molecule has 0 bridgehead atoms. The van der Waals surface area contributed by atoms with Gasteiger partial charge in [-0.3, -0.25) is 4.79 Å². The van der Waals surface area contributed by atoms with E-state index in [9.17, 15) is 10.1 Å². The number of carbonyl (C=O) groups is 1. The lowest BCUT2D eigenvalue weighted by Gasteiger charge is -2.30. The largest absolute Gasteiger partial charge is 0.295 e. The summed E-state index contributed by atoms with van der Waals surface area (Å²) in [6.07, 6.45) is 0.959. The first-order valence-electron chi connectivity index (χ1n) is 9.50. The molecule has 0 aliphatic carbocycles. The van der Waals surface area contributed by atoms with Crippen LogP contribution in [0.4, 0.5) is 0 Å². The van der Waals surface area contributed by atoms with E-state index in [0.717, 1.165) is 28.5 Å². The molecule has 0 spiro atoms. The van der Waals surface area contributed by atoms with Crippen LogP contribution in [-0.4, -0.2) is 10.8 Å². The summed E-state index contributed by atoms with van der Waals surface area (Å²) in [4.78, 5) is 17.1. The topological polar surface area (TPSA) is 53.2 Å². The van der Waals surface area contributed by atoms with Crippen LogP contribution in [0.2, 0.25) is 0 Å².